The standard InChI is InChI=1S/C28H33FN6O/c1-28(2,29)24-6-5-7-25(34-24)33-23-15-26(30-16-22(23)27(36)32-19-10-11-19)31-20-9-8-17-13-21(35(3)4)14-18(17)12-20/h5-9,12,15-16,19,21H,10-11,13-14H2,1-4H3,(H,32,36)(H2,30,31,33,34). The molecule has 7 nitrogen and oxygen atoms in total. The summed E-state index contributed by atoms with van der Waals surface area (Å²) in [6.45, 7) is 2.94. The third-order valence-corrected chi connectivity index (χ3v) is 6.80. The average Bonchev–Trinajstić information content (AvgIpc) is 3.53. The van der Waals surface area contributed by atoms with E-state index in [-0.39, 0.29) is 11.9 Å². The number of hydrogen-bond donors (Lipinski definition) is 3. The molecule has 36 heavy (non-hydrogen) atoms. The van der Waals surface area contributed by atoms with Gasteiger partial charge in [0.05, 0.1) is 16.9 Å². The molecule has 1 aromatic carbocycles. The Hall–Kier alpha value is -3.52. The van der Waals surface area contributed by atoms with Crippen molar-refractivity contribution in [2.45, 2.75) is 57.3 Å². The molecule has 5 rings (SSSR count). The Labute approximate surface area is 211 Å². The van der Waals surface area contributed by atoms with Crippen LogP contribution in [0.3, 0.4) is 0 Å². The number of nitrogens with zero attached hydrogens (tertiary/aromatic N) is 3. The predicted octanol–water partition coefficient (Wildman–Crippen LogP) is 5.09. The molecule has 0 radical (unpaired) electrons. The van der Waals surface area contributed by atoms with Gasteiger partial charge in [0.2, 0.25) is 0 Å². The van der Waals surface area contributed by atoms with Crippen molar-refractivity contribution in [2.24, 2.45) is 0 Å². The molecule has 2 aliphatic rings. The summed E-state index contributed by atoms with van der Waals surface area (Å²) in [5.74, 6) is 0.876. The third kappa shape index (κ3) is 5.49. The number of rotatable bonds is 8. The molecule has 2 aromatic heterocycles. The Balaban J connectivity index is 1.41. The topological polar surface area (TPSA) is 82.2 Å². The van der Waals surface area contributed by atoms with Crippen LogP contribution < -0.4 is 16.0 Å². The zero-order valence-corrected chi connectivity index (χ0v) is 21.2. The molecule has 1 unspecified atom stereocenters. The lowest BCUT2D eigenvalue weighted by atomic mass is 10.1. The Morgan fingerprint density at radius 3 is 2.53 bits per heavy atom. The third-order valence-electron chi connectivity index (χ3n) is 6.80. The lowest BCUT2D eigenvalue weighted by Crippen LogP contribution is -2.27. The molecule has 0 spiro atoms. The highest BCUT2D eigenvalue weighted by molar-refractivity contribution is 6.00. The van der Waals surface area contributed by atoms with E-state index >= 15 is 0 Å². The predicted molar refractivity (Wildman–Crippen MR) is 141 cm³/mol. The second kappa shape index (κ2) is 9.50. The maximum atomic E-state index is 14.5. The summed E-state index contributed by atoms with van der Waals surface area (Å²) >= 11 is 0. The summed E-state index contributed by atoms with van der Waals surface area (Å²) in [6, 6.07) is 14.1. The number of alkyl halides is 1. The van der Waals surface area contributed by atoms with Crippen LogP contribution in [0.4, 0.5) is 27.4 Å². The van der Waals surface area contributed by atoms with E-state index in [0.29, 0.717) is 34.6 Å². The van der Waals surface area contributed by atoms with Crippen LogP contribution in [-0.4, -0.2) is 47.0 Å². The van der Waals surface area contributed by atoms with E-state index in [0.717, 1.165) is 31.4 Å². The highest BCUT2D eigenvalue weighted by atomic mass is 19.1. The molecule has 2 heterocycles. The van der Waals surface area contributed by atoms with Gasteiger partial charge in [0.15, 0.2) is 0 Å². The van der Waals surface area contributed by atoms with E-state index in [2.05, 4.69) is 63.1 Å². The second-order valence-electron chi connectivity index (χ2n) is 10.5. The maximum Gasteiger partial charge on any atom is 0.255 e. The van der Waals surface area contributed by atoms with Gasteiger partial charge < -0.3 is 20.9 Å². The first kappa shape index (κ1) is 24.2. The van der Waals surface area contributed by atoms with Gasteiger partial charge in [-0.05, 0) is 89.0 Å². The number of pyridine rings is 2. The SMILES string of the molecule is CN(C)C1Cc2ccc(Nc3cc(Nc4cccc(C(C)(C)F)n4)c(C(=O)NC4CC4)cn3)cc2C1. The van der Waals surface area contributed by atoms with Crippen LogP contribution in [0.5, 0.6) is 0 Å². The first-order chi connectivity index (χ1) is 17.2. The maximum absolute atomic E-state index is 14.5. The minimum Gasteiger partial charge on any atom is -0.349 e. The van der Waals surface area contributed by atoms with Gasteiger partial charge in [-0.2, -0.15) is 0 Å². The van der Waals surface area contributed by atoms with Crippen molar-refractivity contribution in [3.63, 3.8) is 0 Å². The fourth-order valence-electron chi connectivity index (χ4n) is 4.46. The minimum absolute atomic E-state index is 0.187. The van der Waals surface area contributed by atoms with Crippen LogP contribution in [0.25, 0.3) is 0 Å². The molecule has 0 aliphatic heterocycles. The van der Waals surface area contributed by atoms with E-state index in [4.69, 9.17) is 0 Å². The summed E-state index contributed by atoms with van der Waals surface area (Å²) in [4.78, 5) is 24.1. The molecule has 188 valence electrons. The van der Waals surface area contributed by atoms with Crippen LogP contribution in [0.2, 0.25) is 0 Å². The zero-order chi connectivity index (χ0) is 25.4. The van der Waals surface area contributed by atoms with E-state index in [9.17, 15) is 9.18 Å². The van der Waals surface area contributed by atoms with Gasteiger partial charge >= 0.3 is 0 Å². The lowest BCUT2D eigenvalue weighted by molar-refractivity contribution is 0.0951. The first-order valence-corrected chi connectivity index (χ1v) is 12.5. The highest BCUT2D eigenvalue weighted by Gasteiger charge is 2.26. The van der Waals surface area contributed by atoms with E-state index < -0.39 is 5.67 Å². The van der Waals surface area contributed by atoms with Crippen molar-refractivity contribution >= 4 is 28.9 Å². The van der Waals surface area contributed by atoms with Crippen molar-refractivity contribution in [2.75, 3.05) is 24.7 Å². The fourth-order valence-corrected chi connectivity index (χ4v) is 4.46. The number of fused-ring (bicyclic) bond motifs is 1. The number of aromatic nitrogens is 2. The number of nitrogens with one attached hydrogen (secondary N) is 3. The molecule has 1 saturated carbocycles. The molecule has 0 bridgehead atoms. The molecular formula is C28H33FN6O. The molecule has 0 saturated heterocycles. The number of likely N-dealkylation sites (N-methyl/N-ethyl adjacent to an activating group) is 1. The van der Waals surface area contributed by atoms with Gasteiger partial charge in [0.1, 0.15) is 17.3 Å². The molecular weight excluding hydrogens is 455 g/mol. The van der Waals surface area contributed by atoms with Crippen molar-refractivity contribution < 1.29 is 9.18 Å². The normalized spacial score (nSPS) is 17.1. The van der Waals surface area contributed by atoms with Crippen molar-refractivity contribution in [3.8, 4) is 0 Å². The fraction of sp³-hybridized carbons (Fsp3) is 0.393. The van der Waals surface area contributed by atoms with Crippen LogP contribution in [0, 0.1) is 0 Å². The number of anilines is 4. The largest absolute Gasteiger partial charge is 0.349 e. The molecule has 3 aromatic rings. The number of benzene rings is 1. The smallest absolute Gasteiger partial charge is 0.255 e. The van der Waals surface area contributed by atoms with E-state index in [1.165, 1.54) is 25.0 Å². The van der Waals surface area contributed by atoms with Crippen LogP contribution >= 0.6 is 0 Å². The lowest BCUT2D eigenvalue weighted by Gasteiger charge is -2.17. The molecule has 2 aliphatic carbocycles. The van der Waals surface area contributed by atoms with Crippen LogP contribution in [-0.2, 0) is 18.5 Å². The van der Waals surface area contributed by atoms with Crippen LogP contribution in [0.15, 0.2) is 48.7 Å². The van der Waals surface area contributed by atoms with E-state index in [1.807, 2.05) is 0 Å². The monoisotopic (exact) mass is 488 g/mol. The van der Waals surface area contributed by atoms with Gasteiger partial charge in [-0.15, -0.1) is 0 Å². The summed E-state index contributed by atoms with van der Waals surface area (Å²) in [7, 11) is 4.24. The van der Waals surface area contributed by atoms with Crippen molar-refractivity contribution in [1.29, 1.82) is 0 Å². The summed E-state index contributed by atoms with van der Waals surface area (Å²) < 4.78 is 14.5. The zero-order valence-electron chi connectivity index (χ0n) is 21.2. The Morgan fingerprint density at radius 1 is 1.03 bits per heavy atom. The Bertz CT molecular complexity index is 1280. The Morgan fingerprint density at radius 2 is 1.81 bits per heavy atom. The van der Waals surface area contributed by atoms with Gasteiger partial charge in [-0.1, -0.05) is 12.1 Å². The average molecular weight is 489 g/mol. The van der Waals surface area contributed by atoms with Gasteiger partial charge in [-0.3, -0.25) is 4.79 Å². The van der Waals surface area contributed by atoms with Gasteiger partial charge in [0.25, 0.3) is 5.91 Å². The van der Waals surface area contributed by atoms with Crippen molar-refractivity contribution in [3.05, 3.63) is 71.0 Å². The number of halogens is 1. The van der Waals surface area contributed by atoms with Crippen LogP contribution in [0.1, 0.15) is 53.9 Å². The molecule has 3 N–H and O–H groups in total. The molecule has 1 amide bonds. The van der Waals surface area contributed by atoms with Crippen molar-refractivity contribution in [1.82, 2.24) is 20.2 Å². The highest BCUT2D eigenvalue weighted by Crippen LogP contribution is 2.31. The number of carbonyl (C=O) groups excluding carboxylic acids is 1. The summed E-state index contributed by atoms with van der Waals surface area (Å²) in [5, 5.41) is 9.62. The Kier molecular flexibility index (Phi) is 6.38. The molecule has 8 heteroatoms. The van der Waals surface area contributed by atoms with E-state index in [1.54, 1.807) is 30.5 Å². The number of amides is 1. The summed E-state index contributed by atoms with van der Waals surface area (Å²) in [5.41, 5.74) is 3.38. The number of hydrogen-bond acceptors (Lipinski definition) is 6. The summed E-state index contributed by atoms with van der Waals surface area (Å²) in [6.07, 6.45) is 5.63. The van der Waals surface area contributed by atoms with Gasteiger partial charge in [-0.25, -0.2) is 14.4 Å². The first-order valence-electron chi connectivity index (χ1n) is 12.5. The van der Waals surface area contributed by atoms with Gasteiger partial charge in [0, 0.05) is 30.0 Å². The minimum atomic E-state index is -1.58. The quantitative estimate of drug-likeness (QED) is 0.410. The molecule has 1 atom stereocenters. The second-order valence-corrected chi connectivity index (χ2v) is 10.5. The number of carbonyl (C=O) groups is 1. The molecule has 1 fully saturated rings.